The van der Waals surface area contributed by atoms with Crippen molar-refractivity contribution in [3.05, 3.63) is 0 Å². The van der Waals surface area contributed by atoms with E-state index in [1.165, 1.54) is 6.08 Å². The number of ether oxygens (including phenoxy) is 1. The summed E-state index contributed by atoms with van der Waals surface area (Å²) >= 11 is 0. The molecule has 0 fully saturated rings. The highest BCUT2D eigenvalue weighted by atomic mass is 16.5. The largest absolute Gasteiger partial charge is 0.394 e. The van der Waals surface area contributed by atoms with Gasteiger partial charge in [-0.15, -0.1) is 0 Å². The number of isocyanates is 1. The minimum absolute atomic E-state index is 0.0414. The van der Waals surface area contributed by atoms with Crippen LogP contribution in [0.4, 0.5) is 4.79 Å². The van der Waals surface area contributed by atoms with Crippen LogP contribution in [0.25, 0.3) is 0 Å². The lowest BCUT2D eigenvalue weighted by molar-refractivity contribution is 0.0947. The van der Waals surface area contributed by atoms with E-state index in [-0.39, 0.29) is 19.9 Å². The van der Waals surface area contributed by atoms with Gasteiger partial charge in [-0.2, -0.15) is 4.99 Å². The number of nitrogens with one attached hydrogen (secondary N) is 2. The van der Waals surface area contributed by atoms with E-state index in [4.69, 9.17) is 9.84 Å². The third-order valence-electron chi connectivity index (χ3n) is 1.15. The first-order valence-corrected chi connectivity index (χ1v) is 4.05. The summed E-state index contributed by atoms with van der Waals surface area (Å²) in [5.41, 5.74) is 0. The minimum Gasteiger partial charge on any atom is -0.394 e. The van der Waals surface area contributed by atoms with Crippen LogP contribution in [0.5, 0.6) is 0 Å². The Bertz CT molecular complexity index is 203. The van der Waals surface area contributed by atoms with Crippen LogP contribution >= 0.6 is 0 Å². The number of carbonyl (C=O) groups excluding carboxylic acids is 2. The maximum Gasteiger partial charge on any atom is 0.316 e. The van der Waals surface area contributed by atoms with Crippen molar-refractivity contribution >= 4 is 12.1 Å². The van der Waals surface area contributed by atoms with Gasteiger partial charge < -0.3 is 20.5 Å². The molecule has 0 rings (SSSR count). The quantitative estimate of drug-likeness (QED) is 0.269. The lowest BCUT2D eigenvalue weighted by Crippen LogP contribution is -2.37. The Morgan fingerprint density at radius 2 is 2.21 bits per heavy atom. The number of nitrogens with zero attached hydrogens (tertiary/aromatic N) is 1. The fourth-order valence-electron chi connectivity index (χ4n) is 0.609. The molecule has 2 amide bonds. The van der Waals surface area contributed by atoms with E-state index in [9.17, 15) is 9.59 Å². The molecule has 0 spiro atoms. The van der Waals surface area contributed by atoms with Crippen molar-refractivity contribution in [2.75, 3.05) is 33.0 Å². The average molecular weight is 203 g/mol. The Morgan fingerprint density at radius 1 is 1.43 bits per heavy atom. The maximum atomic E-state index is 10.8. The fraction of sp³-hybridized carbons (Fsp3) is 0.714. The zero-order chi connectivity index (χ0) is 10.6. The molecule has 14 heavy (non-hydrogen) atoms. The van der Waals surface area contributed by atoms with Crippen molar-refractivity contribution in [3.8, 4) is 0 Å². The number of hydrogen-bond acceptors (Lipinski definition) is 5. The summed E-state index contributed by atoms with van der Waals surface area (Å²) in [6.45, 7) is 0.771. The second-order valence-corrected chi connectivity index (χ2v) is 2.18. The van der Waals surface area contributed by atoms with E-state index in [1.807, 2.05) is 0 Å². The highest BCUT2D eigenvalue weighted by Crippen LogP contribution is 1.72. The van der Waals surface area contributed by atoms with Gasteiger partial charge in [0.2, 0.25) is 6.08 Å². The van der Waals surface area contributed by atoms with Crippen molar-refractivity contribution in [1.29, 1.82) is 0 Å². The summed E-state index contributed by atoms with van der Waals surface area (Å²) in [6.07, 6.45) is 1.29. The fourth-order valence-corrected chi connectivity index (χ4v) is 0.609. The van der Waals surface area contributed by atoms with E-state index in [2.05, 4.69) is 15.6 Å². The molecule has 0 atom stereocenters. The number of hydrogen-bond donors (Lipinski definition) is 3. The monoisotopic (exact) mass is 203 g/mol. The summed E-state index contributed by atoms with van der Waals surface area (Å²) in [5, 5.41) is 13.1. The molecule has 0 aromatic rings. The first kappa shape index (κ1) is 12.6. The summed E-state index contributed by atoms with van der Waals surface area (Å²) in [7, 11) is 0. The molecule has 0 heterocycles. The average Bonchev–Trinajstić information content (AvgIpc) is 2.18. The first-order chi connectivity index (χ1) is 6.81. The van der Waals surface area contributed by atoms with E-state index in [0.29, 0.717) is 13.2 Å². The normalized spacial score (nSPS) is 8.93. The molecule has 0 radical (unpaired) electrons. The molecular weight excluding hydrogens is 190 g/mol. The molecule has 0 unspecified atom stereocenters. The Balaban J connectivity index is 3.22. The van der Waals surface area contributed by atoms with Crippen LogP contribution in [0.3, 0.4) is 0 Å². The molecule has 0 saturated heterocycles. The van der Waals surface area contributed by atoms with Crippen molar-refractivity contribution in [2.24, 2.45) is 4.99 Å². The standard InChI is InChI=1S/C7H13N3O4/c11-2-4-14-3-1-9-7(13)10-5-8-6-12/h11H,1-5H2,(H2,9,10,13). The van der Waals surface area contributed by atoms with Gasteiger partial charge in [-0.05, 0) is 0 Å². The van der Waals surface area contributed by atoms with Gasteiger partial charge in [-0.3, -0.25) is 0 Å². The predicted molar refractivity (Wildman–Crippen MR) is 47.4 cm³/mol. The Morgan fingerprint density at radius 3 is 2.86 bits per heavy atom. The lowest BCUT2D eigenvalue weighted by atomic mass is 10.6. The molecule has 0 aliphatic rings. The molecule has 0 aliphatic heterocycles. The van der Waals surface area contributed by atoms with E-state index < -0.39 is 6.03 Å². The zero-order valence-corrected chi connectivity index (χ0v) is 7.65. The molecule has 0 bridgehead atoms. The first-order valence-electron chi connectivity index (χ1n) is 4.05. The second kappa shape index (κ2) is 9.66. The van der Waals surface area contributed by atoms with Crippen LogP contribution in [0.1, 0.15) is 0 Å². The molecule has 7 nitrogen and oxygen atoms in total. The number of carbonyl (C=O) groups is 1. The van der Waals surface area contributed by atoms with Gasteiger partial charge in [0.05, 0.1) is 19.8 Å². The molecule has 0 aromatic heterocycles. The van der Waals surface area contributed by atoms with Crippen molar-refractivity contribution in [3.63, 3.8) is 0 Å². The number of aliphatic hydroxyl groups is 1. The van der Waals surface area contributed by atoms with Gasteiger partial charge in [0.1, 0.15) is 6.67 Å². The maximum absolute atomic E-state index is 10.8. The minimum atomic E-state index is -0.434. The van der Waals surface area contributed by atoms with Gasteiger partial charge in [-0.25, -0.2) is 9.59 Å². The molecule has 3 N–H and O–H groups in total. The summed E-state index contributed by atoms with van der Waals surface area (Å²) in [6, 6.07) is -0.434. The molecule has 0 aliphatic carbocycles. The zero-order valence-electron chi connectivity index (χ0n) is 7.65. The van der Waals surface area contributed by atoms with Crippen LogP contribution in [0.15, 0.2) is 4.99 Å². The third-order valence-corrected chi connectivity index (χ3v) is 1.15. The molecular formula is C7H13N3O4. The van der Waals surface area contributed by atoms with Crippen molar-refractivity contribution in [2.45, 2.75) is 0 Å². The van der Waals surface area contributed by atoms with E-state index in [0.717, 1.165) is 0 Å². The second-order valence-electron chi connectivity index (χ2n) is 2.18. The number of aliphatic imine (C=N–C) groups is 1. The van der Waals surface area contributed by atoms with Gasteiger partial charge in [0, 0.05) is 6.54 Å². The van der Waals surface area contributed by atoms with Gasteiger partial charge in [0.25, 0.3) is 0 Å². The summed E-state index contributed by atoms with van der Waals surface area (Å²) in [4.78, 5) is 23.6. The molecule has 0 aromatic carbocycles. The number of amides is 2. The summed E-state index contributed by atoms with van der Waals surface area (Å²) < 4.78 is 4.88. The van der Waals surface area contributed by atoms with Crippen LogP contribution in [-0.2, 0) is 9.53 Å². The van der Waals surface area contributed by atoms with E-state index >= 15 is 0 Å². The molecule has 0 saturated carbocycles. The summed E-state index contributed by atoms with van der Waals surface area (Å²) in [5.74, 6) is 0. The number of rotatable bonds is 7. The molecule has 80 valence electrons. The predicted octanol–water partition coefficient (Wildman–Crippen LogP) is -1.41. The van der Waals surface area contributed by atoms with Crippen LogP contribution in [-0.4, -0.2) is 50.3 Å². The highest BCUT2D eigenvalue weighted by molar-refractivity contribution is 5.73. The van der Waals surface area contributed by atoms with E-state index in [1.54, 1.807) is 0 Å². The number of aliphatic hydroxyl groups excluding tert-OH is 1. The van der Waals surface area contributed by atoms with Crippen LogP contribution in [0.2, 0.25) is 0 Å². The topological polar surface area (TPSA) is 100 Å². The van der Waals surface area contributed by atoms with Gasteiger partial charge >= 0.3 is 6.03 Å². The van der Waals surface area contributed by atoms with Crippen LogP contribution < -0.4 is 10.6 Å². The highest BCUT2D eigenvalue weighted by Gasteiger charge is 1.96. The number of urea groups is 1. The van der Waals surface area contributed by atoms with Crippen LogP contribution in [0, 0.1) is 0 Å². The lowest BCUT2D eigenvalue weighted by Gasteiger charge is -2.05. The Hall–Kier alpha value is -1.43. The third kappa shape index (κ3) is 8.66. The smallest absolute Gasteiger partial charge is 0.316 e. The van der Waals surface area contributed by atoms with Gasteiger partial charge in [-0.1, -0.05) is 0 Å². The Labute approximate surface area is 81.2 Å². The van der Waals surface area contributed by atoms with Crippen molar-refractivity contribution < 1.29 is 19.4 Å². The van der Waals surface area contributed by atoms with Gasteiger partial charge in [0.15, 0.2) is 0 Å². The molecule has 7 heteroatoms. The van der Waals surface area contributed by atoms with Crippen molar-refractivity contribution in [1.82, 2.24) is 10.6 Å². The SMILES string of the molecule is O=C=NCNC(=O)NCCOCCO. The Kier molecular flexibility index (Phi) is 8.67.